The highest BCUT2D eigenvalue weighted by atomic mass is 16.2. The molecule has 1 aliphatic carbocycles. The van der Waals surface area contributed by atoms with E-state index in [9.17, 15) is 4.79 Å². The van der Waals surface area contributed by atoms with Crippen molar-refractivity contribution in [3.63, 3.8) is 0 Å². The van der Waals surface area contributed by atoms with Crippen LogP contribution in [0.3, 0.4) is 0 Å². The quantitative estimate of drug-likeness (QED) is 0.841. The third kappa shape index (κ3) is 4.25. The first-order valence-electron chi connectivity index (χ1n) is 9.71. The van der Waals surface area contributed by atoms with Gasteiger partial charge >= 0.3 is 0 Å². The first kappa shape index (κ1) is 17.1. The van der Waals surface area contributed by atoms with Crippen molar-refractivity contribution in [1.82, 2.24) is 10.6 Å². The number of carbonyl (C=O) groups excluding carboxylic acids is 1. The summed E-state index contributed by atoms with van der Waals surface area (Å²) in [6, 6.07) is 21.2. The van der Waals surface area contributed by atoms with Gasteiger partial charge in [0.25, 0.3) is 0 Å². The van der Waals surface area contributed by atoms with Gasteiger partial charge < -0.3 is 10.2 Å². The summed E-state index contributed by atoms with van der Waals surface area (Å²) in [4.78, 5) is 15.2. The number of nitrogens with one attached hydrogen (secondary N) is 2. The van der Waals surface area contributed by atoms with Crippen molar-refractivity contribution in [3.8, 4) is 0 Å². The van der Waals surface area contributed by atoms with Crippen LogP contribution in [0.2, 0.25) is 0 Å². The van der Waals surface area contributed by atoms with E-state index in [4.69, 9.17) is 0 Å². The van der Waals surface area contributed by atoms with E-state index in [1.165, 1.54) is 5.69 Å². The Hall–Kier alpha value is -2.33. The third-order valence-corrected chi connectivity index (χ3v) is 5.34. The van der Waals surface area contributed by atoms with E-state index in [1.807, 2.05) is 30.3 Å². The molecule has 4 nitrogen and oxygen atoms in total. The molecule has 2 aromatic rings. The van der Waals surface area contributed by atoms with Crippen LogP contribution in [0.4, 0.5) is 5.69 Å². The Morgan fingerprint density at radius 2 is 1.46 bits per heavy atom. The van der Waals surface area contributed by atoms with E-state index < -0.39 is 0 Å². The lowest BCUT2D eigenvalue weighted by Crippen LogP contribution is -2.47. The average Bonchev–Trinajstić information content (AvgIpc) is 3.52. The molecule has 1 saturated carbocycles. The average molecular weight is 349 g/mol. The van der Waals surface area contributed by atoms with Gasteiger partial charge in [-0.1, -0.05) is 48.5 Å². The molecule has 2 aromatic carbocycles. The van der Waals surface area contributed by atoms with Crippen LogP contribution in [0.15, 0.2) is 60.7 Å². The van der Waals surface area contributed by atoms with E-state index in [1.54, 1.807) is 0 Å². The molecule has 4 rings (SSSR count). The lowest BCUT2D eigenvalue weighted by atomic mass is 9.99. The summed E-state index contributed by atoms with van der Waals surface area (Å²) >= 11 is 0. The van der Waals surface area contributed by atoms with Gasteiger partial charge in [0.2, 0.25) is 5.91 Å². The number of benzene rings is 2. The van der Waals surface area contributed by atoms with Crippen molar-refractivity contribution in [3.05, 3.63) is 66.2 Å². The molecular weight excluding hydrogens is 322 g/mol. The maximum absolute atomic E-state index is 12.8. The molecule has 1 atom stereocenters. The second-order valence-electron chi connectivity index (χ2n) is 7.39. The van der Waals surface area contributed by atoms with E-state index in [0.717, 1.165) is 44.3 Å². The van der Waals surface area contributed by atoms with Crippen molar-refractivity contribution in [2.24, 2.45) is 0 Å². The van der Waals surface area contributed by atoms with Crippen molar-refractivity contribution in [2.45, 2.75) is 43.8 Å². The molecular formula is C22H27N3O. The van der Waals surface area contributed by atoms with E-state index >= 15 is 0 Å². The van der Waals surface area contributed by atoms with Gasteiger partial charge in [0.1, 0.15) is 6.04 Å². The zero-order chi connectivity index (χ0) is 17.8. The van der Waals surface area contributed by atoms with Crippen LogP contribution in [0, 0.1) is 0 Å². The Morgan fingerprint density at radius 3 is 2.08 bits per heavy atom. The fourth-order valence-corrected chi connectivity index (χ4v) is 3.66. The molecule has 2 aliphatic rings. The van der Waals surface area contributed by atoms with Crippen LogP contribution in [0.5, 0.6) is 0 Å². The first-order chi connectivity index (χ1) is 12.8. The summed E-state index contributed by atoms with van der Waals surface area (Å²) in [5.74, 6) is 0.115. The summed E-state index contributed by atoms with van der Waals surface area (Å²) in [6.07, 6.45) is 4.33. The van der Waals surface area contributed by atoms with E-state index in [0.29, 0.717) is 12.1 Å². The Balaban J connectivity index is 1.39. The van der Waals surface area contributed by atoms with Gasteiger partial charge in [-0.05, 0) is 43.4 Å². The van der Waals surface area contributed by atoms with Crippen molar-refractivity contribution >= 4 is 11.6 Å². The Labute approximate surface area is 155 Å². The highest BCUT2D eigenvalue weighted by Crippen LogP contribution is 2.24. The molecule has 0 spiro atoms. The van der Waals surface area contributed by atoms with Gasteiger partial charge in [-0.3, -0.25) is 10.1 Å². The SMILES string of the molecule is O=C(NC1CC1)[C@@H](NC1CCN(c2ccccc2)CC1)c1ccccc1. The normalized spacial score (nSPS) is 19.2. The number of nitrogens with zero attached hydrogens (tertiary/aromatic N) is 1. The number of anilines is 1. The third-order valence-electron chi connectivity index (χ3n) is 5.34. The van der Waals surface area contributed by atoms with Crippen LogP contribution >= 0.6 is 0 Å². The lowest BCUT2D eigenvalue weighted by Gasteiger charge is -2.35. The molecule has 1 heterocycles. The largest absolute Gasteiger partial charge is 0.371 e. The predicted molar refractivity (Wildman–Crippen MR) is 105 cm³/mol. The van der Waals surface area contributed by atoms with Crippen LogP contribution in [0.25, 0.3) is 0 Å². The van der Waals surface area contributed by atoms with Crippen molar-refractivity contribution in [1.29, 1.82) is 0 Å². The number of piperidine rings is 1. The van der Waals surface area contributed by atoms with Crippen molar-refractivity contribution < 1.29 is 4.79 Å². The van der Waals surface area contributed by atoms with Crippen LogP contribution in [-0.2, 0) is 4.79 Å². The standard InChI is InChI=1S/C22H27N3O/c26-22(24-18-11-12-18)21(17-7-3-1-4-8-17)23-19-13-15-25(16-14-19)20-9-5-2-6-10-20/h1-10,18-19,21,23H,11-16H2,(H,24,26)/t21-/m0/s1. The molecule has 136 valence electrons. The number of carbonyl (C=O) groups is 1. The fourth-order valence-electron chi connectivity index (χ4n) is 3.66. The summed E-state index contributed by atoms with van der Waals surface area (Å²) in [5.41, 5.74) is 2.34. The number of amides is 1. The highest BCUT2D eigenvalue weighted by molar-refractivity contribution is 5.83. The molecule has 1 aliphatic heterocycles. The number of hydrogen-bond donors (Lipinski definition) is 2. The topological polar surface area (TPSA) is 44.4 Å². The van der Waals surface area contributed by atoms with Crippen LogP contribution in [0.1, 0.15) is 37.3 Å². The summed E-state index contributed by atoms with van der Waals surface area (Å²) in [6.45, 7) is 2.04. The molecule has 0 bridgehead atoms. The van der Waals surface area contributed by atoms with Gasteiger partial charge in [0.05, 0.1) is 0 Å². The van der Waals surface area contributed by atoms with Gasteiger partial charge in [-0.25, -0.2) is 0 Å². The molecule has 0 unspecified atom stereocenters. The smallest absolute Gasteiger partial charge is 0.241 e. The van der Waals surface area contributed by atoms with Gasteiger partial charge in [-0.15, -0.1) is 0 Å². The predicted octanol–water partition coefficient (Wildman–Crippen LogP) is 3.26. The molecule has 1 amide bonds. The number of rotatable bonds is 6. The minimum atomic E-state index is -0.259. The zero-order valence-electron chi connectivity index (χ0n) is 15.1. The zero-order valence-corrected chi connectivity index (χ0v) is 15.1. The molecule has 26 heavy (non-hydrogen) atoms. The second kappa shape index (κ2) is 7.92. The second-order valence-corrected chi connectivity index (χ2v) is 7.39. The number of para-hydroxylation sites is 1. The monoisotopic (exact) mass is 349 g/mol. The summed E-state index contributed by atoms with van der Waals surface area (Å²) in [5, 5.41) is 6.80. The van der Waals surface area contributed by atoms with Crippen LogP contribution in [-0.4, -0.2) is 31.1 Å². The van der Waals surface area contributed by atoms with Crippen molar-refractivity contribution in [2.75, 3.05) is 18.0 Å². The van der Waals surface area contributed by atoms with E-state index in [2.05, 4.69) is 45.9 Å². The van der Waals surface area contributed by atoms with Gasteiger partial charge in [-0.2, -0.15) is 0 Å². The Morgan fingerprint density at radius 1 is 0.846 bits per heavy atom. The number of hydrogen-bond acceptors (Lipinski definition) is 3. The molecule has 2 fully saturated rings. The Kier molecular flexibility index (Phi) is 5.21. The summed E-state index contributed by atoms with van der Waals surface area (Å²) < 4.78 is 0. The van der Waals surface area contributed by atoms with E-state index in [-0.39, 0.29) is 11.9 Å². The van der Waals surface area contributed by atoms with Gasteiger partial charge in [0, 0.05) is 30.9 Å². The van der Waals surface area contributed by atoms with Crippen LogP contribution < -0.4 is 15.5 Å². The molecule has 2 N–H and O–H groups in total. The first-order valence-corrected chi connectivity index (χ1v) is 9.71. The highest BCUT2D eigenvalue weighted by Gasteiger charge is 2.30. The molecule has 0 aromatic heterocycles. The minimum Gasteiger partial charge on any atom is -0.371 e. The van der Waals surface area contributed by atoms with Gasteiger partial charge in [0.15, 0.2) is 0 Å². The Bertz CT molecular complexity index is 707. The molecule has 4 heteroatoms. The fraction of sp³-hybridized carbons (Fsp3) is 0.409. The maximum atomic E-state index is 12.8. The lowest BCUT2D eigenvalue weighted by molar-refractivity contribution is -0.123. The molecule has 0 radical (unpaired) electrons. The maximum Gasteiger partial charge on any atom is 0.241 e. The molecule has 1 saturated heterocycles. The summed E-state index contributed by atoms with van der Waals surface area (Å²) in [7, 11) is 0. The minimum absolute atomic E-state index is 0.115.